The van der Waals surface area contributed by atoms with Crippen molar-refractivity contribution in [3.63, 3.8) is 0 Å². The van der Waals surface area contributed by atoms with Crippen LogP contribution in [0.25, 0.3) is 5.57 Å². The van der Waals surface area contributed by atoms with Crippen molar-refractivity contribution < 1.29 is 4.39 Å². The summed E-state index contributed by atoms with van der Waals surface area (Å²) in [7, 11) is 0. The summed E-state index contributed by atoms with van der Waals surface area (Å²) in [5.74, 6) is 0.544. The maximum atomic E-state index is 14.5. The largest absolute Gasteiger partial charge is 0.205 e. The summed E-state index contributed by atoms with van der Waals surface area (Å²) in [6.07, 6.45) is 9.64. The van der Waals surface area contributed by atoms with Gasteiger partial charge in [0.2, 0.25) is 0 Å². The van der Waals surface area contributed by atoms with Crippen LogP contribution in [0.4, 0.5) is 4.39 Å². The average molecular weight is 295 g/mol. The predicted molar refractivity (Wildman–Crippen MR) is 85.6 cm³/mol. The van der Waals surface area contributed by atoms with Crippen molar-refractivity contribution in [2.45, 2.75) is 58.8 Å². The minimum Gasteiger partial charge on any atom is -0.205 e. The van der Waals surface area contributed by atoms with Gasteiger partial charge in [0.1, 0.15) is 5.82 Å². The molecule has 0 radical (unpaired) electrons. The third kappa shape index (κ3) is 3.44. The van der Waals surface area contributed by atoms with E-state index < -0.39 is 0 Å². The van der Waals surface area contributed by atoms with E-state index in [4.69, 9.17) is 11.6 Å². The number of rotatable bonds is 5. The summed E-state index contributed by atoms with van der Waals surface area (Å²) < 4.78 is 14.5. The molecule has 1 unspecified atom stereocenters. The summed E-state index contributed by atoms with van der Waals surface area (Å²) in [6.45, 7) is 4.36. The number of halogens is 2. The summed E-state index contributed by atoms with van der Waals surface area (Å²) in [6, 6.07) is 3.92. The van der Waals surface area contributed by atoms with Gasteiger partial charge in [-0.05, 0) is 49.2 Å². The number of allylic oxidation sites excluding steroid dienone is 2. The summed E-state index contributed by atoms with van der Waals surface area (Å²) >= 11 is 6.21. The fraction of sp³-hybridized carbons (Fsp3) is 0.556. The molecule has 0 saturated carbocycles. The van der Waals surface area contributed by atoms with E-state index in [9.17, 15) is 4.39 Å². The molecule has 0 nitrogen and oxygen atoms in total. The average Bonchev–Trinajstić information content (AvgIpc) is 2.49. The van der Waals surface area contributed by atoms with Gasteiger partial charge < -0.3 is 0 Å². The second kappa shape index (κ2) is 7.26. The molecular weight excluding hydrogens is 271 g/mol. The topological polar surface area (TPSA) is 0 Å². The molecule has 1 aliphatic rings. The number of benzene rings is 1. The molecule has 0 heterocycles. The summed E-state index contributed by atoms with van der Waals surface area (Å²) in [4.78, 5) is 0. The predicted octanol–water partition coefficient (Wildman–Crippen LogP) is 6.42. The standard InChI is InChI=1S/C18H24ClF/c1-3-5-6-15-11-12-16(18(20)17(15)19)14-9-7-13(4-2)8-10-14/h9,11-13H,3-8,10H2,1-2H3. The van der Waals surface area contributed by atoms with E-state index in [0.29, 0.717) is 10.6 Å². The van der Waals surface area contributed by atoms with E-state index in [1.54, 1.807) is 0 Å². The van der Waals surface area contributed by atoms with Gasteiger partial charge in [-0.3, -0.25) is 0 Å². The van der Waals surface area contributed by atoms with E-state index in [1.807, 2.05) is 12.1 Å². The molecule has 1 aromatic carbocycles. The molecule has 0 aromatic heterocycles. The van der Waals surface area contributed by atoms with Crippen molar-refractivity contribution in [1.29, 1.82) is 0 Å². The Morgan fingerprint density at radius 3 is 2.70 bits per heavy atom. The normalized spacial score (nSPS) is 19.0. The molecule has 1 aliphatic carbocycles. The van der Waals surface area contributed by atoms with Crippen molar-refractivity contribution >= 4 is 17.2 Å². The third-order valence-corrected chi connectivity index (χ3v) is 4.81. The maximum Gasteiger partial charge on any atom is 0.149 e. The SMILES string of the molecule is CCCCc1ccc(C2=CCC(CC)CC2)c(F)c1Cl. The van der Waals surface area contributed by atoms with Gasteiger partial charge in [0, 0.05) is 5.56 Å². The van der Waals surface area contributed by atoms with Crippen LogP contribution in [0.1, 0.15) is 63.5 Å². The van der Waals surface area contributed by atoms with Crippen molar-refractivity contribution in [2.75, 3.05) is 0 Å². The summed E-state index contributed by atoms with van der Waals surface area (Å²) in [5, 5.41) is 0.328. The maximum absolute atomic E-state index is 14.5. The third-order valence-electron chi connectivity index (χ3n) is 4.40. The Labute approximate surface area is 127 Å². The fourth-order valence-electron chi connectivity index (χ4n) is 2.90. The highest BCUT2D eigenvalue weighted by Gasteiger charge is 2.18. The smallest absolute Gasteiger partial charge is 0.149 e. The first-order chi connectivity index (χ1) is 9.67. The molecule has 1 atom stereocenters. The molecular formula is C18H24ClF. The van der Waals surface area contributed by atoms with E-state index >= 15 is 0 Å². The van der Waals surface area contributed by atoms with Gasteiger partial charge in [-0.25, -0.2) is 4.39 Å². The lowest BCUT2D eigenvalue weighted by Crippen LogP contribution is -2.05. The molecule has 0 bridgehead atoms. The fourth-order valence-corrected chi connectivity index (χ4v) is 3.16. The molecule has 2 rings (SSSR count). The van der Waals surface area contributed by atoms with Crippen LogP contribution in [0.3, 0.4) is 0 Å². The van der Waals surface area contributed by atoms with Crippen molar-refractivity contribution in [3.8, 4) is 0 Å². The molecule has 1 aromatic rings. The monoisotopic (exact) mass is 294 g/mol. The van der Waals surface area contributed by atoms with Gasteiger partial charge in [0.15, 0.2) is 0 Å². The zero-order valence-corrected chi connectivity index (χ0v) is 13.3. The highest BCUT2D eigenvalue weighted by molar-refractivity contribution is 6.31. The Morgan fingerprint density at radius 2 is 2.10 bits per heavy atom. The van der Waals surface area contributed by atoms with Crippen LogP contribution in [-0.4, -0.2) is 0 Å². The molecule has 20 heavy (non-hydrogen) atoms. The number of hydrogen-bond acceptors (Lipinski definition) is 0. The van der Waals surface area contributed by atoms with Crippen molar-refractivity contribution in [2.24, 2.45) is 5.92 Å². The van der Waals surface area contributed by atoms with Gasteiger partial charge in [-0.1, -0.05) is 56.5 Å². The van der Waals surface area contributed by atoms with Gasteiger partial charge in [-0.2, -0.15) is 0 Å². The molecule has 110 valence electrons. The van der Waals surface area contributed by atoms with E-state index in [-0.39, 0.29) is 5.82 Å². The second-order valence-electron chi connectivity index (χ2n) is 5.78. The van der Waals surface area contributed by atoms with Gasteiger partial charge >= 0.3 is 0 Å². The molecule has 0 fully saturated rings. The number of aryl methyl sites for hydroxylation is 1. The van der Waals surface area contributed by atoms with Crippen LogP contribution < -0.4 is 0 Å². The Bertz CT molecular complexity index is 490. The lowest BCUT2D eigenvalue weighted by Gasteiger charge is -2.21. The van der Waals surface area contributed by atoms with Crippen LogP contribution in [0.2, 0.25) is 5.02 Å². The minimum absolute atomic E-state index is 0.221. The Balaban J connectivity index is 2.21. The molecule has 0 aliphatic heterocycles. The Hall–Kier alpha value is -0.820. The molecule has 2 heteroatoms. The Kier molecular flexibility index (Phi) is 5.65. The van der Waals surface area contributed by atoms with Gasteiger partial charge in [0.05, 0.1) is 5.02 Å². The van der Waals surface area contributed by atoms with Crippen LogP contribution in [-0.2, 0) is 6.42 Å². The lowest BCUT2D eigenvalue weighted by molar-refractivity contribution is 0.470. The molecule has 0 spiro atoms. The first-order valence-corrected chi connectivity index (χ1v) is 8.21. The number of unbranched alkanes of at least 4 members (excludes halogenated alkanes) is 1. The van der Waals surface area contributed by atoms with Gasteiger partial charge in [-0.15, -0.1) is 0 Å². The molecule has 0 amide bonds. The minimum atomic E-state index is -0.221. The van der Waals surface area contributed by atoms with Crippen molar-refractivity contribution in [3.05, 3.63) is 40.2 Å². The number of hydrogen-bond donors (Lipinski definition) is 0. The molecule has 0 N–H and O–H groups in total. The second-order valence-corrected chi connectivity index (χ2v) is 6.16. The van der Waals surface area contributed by atoms with Crippen LogP contribution in [0.15, 0.2) is 18.2 Å². The first kappa shape index (κ1) is 15.6. The van der Waals surface area contributed by atoms with E-state index in [2.05, 4.69) is 19.9 Å². The zero-order chi connectivity index (χ0) is 14.5. The van der Waals surface area contributed by atoms with Crippen LogP contribution in [0, 0.1) is 11.7 Å². The first-order valence-electron chi connectivity index (χ1n) is 7.83. The highest BCUT2D eigenvalue weighted by atomic mass is 35.5. The highest BCUT2D eigenvalue weighted by Crippen LogP contribution is 2.35. The zero-order valence-electron chi connectivity index (χ0n) is 12.5. The summed E-state index contributed by atoms with van der Waals surface area (Å²) in [5.41, 5.74) is 2.79. The quantitative estimate of drug-likeness (QED) is 0.588. The Morgan fingerprint density at radius 1 is 1.30 bits per heavy atom. The van der Waals surface area contributed by atoms with Crippen LogP contribution >= 0.6 is 11.6 Å². The van der Waals surface area contributed by atoms with Crippen molar-refractivity contribution in [1.82, 2.24) is 0 Å². The lowest BCUT2D eigenvalue weighted by atomic mass is 9.85. The molecule has 0 saturated heterocycles. The van der Waals surface area contributed by atoms with Gasteiger partial charge in [0.25, 0.3) is 0 Å². The van der Waals surface area contributed by atoms with E-state index in [0.717, 1.165) is 55.6 Å². The van der Waals surface area contributed by atoms with E-state index in [1.165, 1.54) is 6.42 Å². The van der Waals surface area contributed by atoms with Crippen LogP contribution in [0.5, 0.6) is 0 Å².